The molecule has 2 unspecified atom stereocenters. The molecule has 1 aromatic carbocycles. The third-order valence-corrected chi connectivity index (χ3v) is 5.36. The number of ether oxygens (including phenoxy) is 2. The lowest BCUT2D eigenvalue weighted by Crippen LogP contribution is -2.41. The van der Waals surface area contributed by atoms with Crippen LogP contribution in [0.5, 0.6) is 11.5 Å². The Morgan fingerprint density at radius 2 is 2.20 bits per heavy atom. The Morgan fingerprint density at radius 1 is 1.25 bits per heavy atom. The van der Waals surface area contributed by atoms with Crippen LogP contribution in [-0.4, -0.2) is 23.8 Å². The molecule has 2 heterocycles. The van der Waals surface area contributed by atoms with E-state index in [9.17, 15) is 0 Å². The van der Waals surface area contributed by atoms with E-state index in [4.69, 9.17) is 14.5 Å². The van der Waals surface area contributed by atoms with Gasteiger partial charge in [-0.25, -0.2) is 0 Å². The Hall–Kier alpha value is -1.36. The summed E-state index contributed by atoms with van der Waals surface area (Å²) in [6, 6.07) is 6.71. The number of aliphatic imine (C=N–C) groups is 1. The van der Waals surface area contributed by atoms with Gasteiger partial charge in [-0.2, -0.15) is 0 Å². The lowest BCUT2D eigenvalue weighted by Gasteiger charge is -2.28. The second-order valence-electron chi connectivity index (χ2n) is 5.56. The fourth-order valence-electron chi connectivity index (χ4n) is 3.11. The molecule has 5 heteroatoms. The van der Waals surface area contributed by atoms with Crippen molar-refractivity contribution < 1.29 is 9.47 Å². The SMILES string of the molecule is c1cc2c(cc1CN=C1NC3CCCC3CS1)OCO2. The molecule has 106 valence electrons. The van der Waals surface area contributed by atoms with Crippen LogP contribution in [0.2, 0.25) is 0 Å². The number of hydrogen-bond acceptors (Lipinski definition) is 4. The van der Waals surface area contributed by atoms with Gasteiger partial charge in [0.05, 0.1) is 6.54 Å². The number of benzene rings is 1. The van der Waals surface area contributed by atoms with Crippen LogP contribution in [0.15, 0.2) is 23.2 Å². The molecule has 1 aliphatic carbocycles. The maximum atomic E-state index is 5.40. The van der Waals surface area contributed by atoms with E-state index in [-0.39, 0.29) is 0 Å². The summed E-state index contributed by atoms with van der Waals surface area (Å²) in [6.07, 6.45) is 4.03. The van der Waals surface area contributed by atoms with Crippen LogP contribution >= 0.6 is 11.8 Å². The van der Waals surface area contributed by atoms with Crippen LogP contribution < -0.4 is 14.8 Å². The van der Waals surface area contributed by atoms with Crippen LogP contribution in [0, 0.1) is 5.92 Å². The van der Waals surface area contributed by atoms with E-state index in [2.05, 4.69) is 11.4 Å². The summed E-state index contributed by atoms with van der Waals surface area (Å²) in [5, 5.41) is 4.70. The zero-order valence-electron chi connectivity index (χ0n) is 11.3. The second kappa shape index (κ2) is 5.20. The molecule has 2 aliphatic heterocycles. The first kappa shape index (κ1) is 12.4. The summed E-state index contributed by atoms with van der Waals surface area (Å²) in [6.45, 7) is 1.02. The topological polar surface area (TPSA) is 42.9 Å². The van der Waals surface area contributed by atoms with Crippen molar-refractivity contribution in [3.8, 4) is 11.5 Å². The maximum absolute atomic E-state index is 5.40. The molecule has 0 bridgehead atoms. The molecule has 4 rings (SSSR count). The van der Waals surface area contributed by atoms with Crippen molar-refractivity contribution >= 4 is 16.9 Å². The predicted molar refractivity (Wildman–Crippen MR) is 80.4 cm³/mol. The van der Waals surface area contributed by atoms with Crippen LogP contribution in [0.4, 0.5) is 0 Å². The van der Waals surface area contributed by atoms with E-state index in [0.29, 0.717) is 19.4 Å². The molecule has 1 aromatic rings. The van der Waals surface area contributed by atoms with Gasteiger partial charge in [0, 0.05) is 11.8 Å². The summed E-state index contributed by atoms with van der Waals surface area (Å²) in [4.78, 5) is 4.71. The maximum Gasteiger partial charge on any atom is 0.231 e. The van der Waals surface area contributed by atoms with E-state index >= 15 is 0 Å². The minimum absolute atomic E-state index is 0.327. The fourth-order valence-corrected chi connectivity index (χ4v) is 4.27. The Labute approximate surface area is 122 Å². The predicted octanol–water partition coefficient (Wildman–Crippen LogP) is 2.78. The van der Waals surface area contributed by atoms with Gasteiger partial charge in [-0.05, 0) is 36.5 Å². The molecule has 1 saturated carbocycles. The Bertz CT molecular complexity index is 547. The number of thioether (sulfide) groups is 1. The molecule has 2 fully saturated rings. The molecule has 0 aromatic heterocycles. The minimum atomic E-state index is 0.327. The first-order valence-corrected chi connectivity index (χ1v) is 8.19. The second-order valence-corrected chi connectivity index (χ2v) is 6.57. The highest BCUT2D eigenvalue weighted by molar-refractivity contribution is 8.13. The largest absolute Gasteiger partial charge is 0.454 e. The number of rotatable bonds is 2. The highest BCUT2D eigenvalue weighted by Gasteiger charge is 2.31. The van der Waals surface area contributed by atoms with Gasteiger partial charge in [0.2, 0.25) is 6.79 Å². The highest BCUT2D eigenvalue weighted by Crippen LogP contribution is 2.34. The monoisotopic (exact) mass is 290 g/mol. The minimum Gasteiger partial charge on any atom is -0.454 e. The number of fused-ring (bicyclic) bond motifs is 2. The summed E-state index contributed by atoms with van der Waals surface area (Å²) < 4.78 is 10.7. The van der Waals surface area contributed by atoms with Gasteiger partial charge in [0.15, 0.2) is 16.7 Å². The number of nitrogens with one attached hydrogen (secondary N) is 1. The molecule has 20 heavy (non-hydrogen) atoms. The molecule has 0 radical (unpaired) electrons. The van der Waals surface area contributed by atoms with Gasteiger partial charge < -0.3 is 14.8 Å². The van der Waals surface area contributed by atoms with Crippen LogP contribution in [0.3, 0.4) is 0 Å². The van der Waals surface area contributed by atoms with Crippen molar-refractivity contribution in [2.24, 2.45) is 10.9 Å². The van der Waals surface area contributed by atoms with Crippen molar-refractivity contribution in [3.63, 3.8) is 0 Å². The number of hydrogen-bond donors (Lipinski definition) is 1. The third kappa shape index (κ3) is 2.35. The van der Waals surface area contributed by atoms with E-state index < -0.39 is 0 Å². The van der Waals surface area contributed by atoms with Gasteiger partial charge in [-0.3, -0.25) is 4.99 Å². The van der Waals surface area contributed by atoms with Crippen molar-refractivity contribution in [2.45, 2.75) is 31.8 Å². The average molecular weight is 290 g/mol. The van der Waals surface area contributed by atoms with E-state index in [1.807, 2.05) is 23.9 Å². The highest BCUT2D eigenvalue weighted by atomic mass is 32.2. The zero-order valence-corrected chi connectivity index (χ0v) is 12.1. The van der Waals surface area contributed by atoms with Gasteiger partial charge in [0.1, 0.15) is 0 Å². The van der Waals surface area contributed by atoms with Crippen molar-refractivity contribution in [1.29, 1.82) is 0 Å². The van der Waals surface area contributed by atoms with E-state index in [1.54, 1.807) is 0 Å². The average Bonchev–Trinajstić information content (AvgIpc) is 3.12. The molecule has 1 N–H and O–H groups in total. The number of amidine groups is 1. The first-order chi connectivity index (χ1) is 9.88. The Morgan fingerprint density at radius 3 is 3.20 bits per heavy atom. The van der Waals surface area contributed by atoms with Crippen LogP contribution in [0.25, 0.3) is 0 Å². The van der Waals surface area contributed by atoms with Gasteiger partial charge >= 0.3 is 0 Å². The quantitative estimate of drug-likeness (QED) is 0.909. The fraction of sp³-hybridized carbons (Fsp3) is 0.533. The molecular formula is C15H18N2O2S. The van der Waals surface area contributed by atoms with Gasteiger partial charge in [-0.15, -0.1) is 0 Å². The lowest BCUT2D eigenvalue weighted by molar-refractivity contribution is 0.174. The van der Waals surface area contributed by atoms with Gasteiger partial charge in [-0.1, -0.05) is 24.2 Å². The van der Waals surface area contributed by atoms with E-state index in [1.165, 1.54) is 25.0 Å². The molecule has 0 spiro atoms. The Kier molecular flexibility index (Phi) is 3.22. The molecule has 1 saturated heterocycles. The molecule has 0 amide bonds. The molecule has 3 aliphatic rings. The van der Waals surface area contributed by atoms with Crippen LogP contribution in [0.1, 0.15) is 24.8 Å². The molecule has 4 nitrogen and oxygen atoms in total. The molecular weight excluding hydrogens is 272 g/mol. The standard InChI is InChI=1S/C15H18N2O2S/c1-2-11-8-20-15(17-12(11)3-1)16-7-10-4-5-13-14(6-10)19-9-18-13/h4-6,11-12H,1-3,7-9H2,(H,16,17). The van der Waals surface area contributed by atoms with Crippen LogP contribution in [-0.2, 0) is 6.54 Å². The van der Waals surface area contributed by atoms with E-state index in [0.717, 1.165) is 28.1 Å². The van der Waals surface area contributed by atoms with Gasteiger partial charge in [0.25, 0.3) is 0 Å². The summed E-state index contributed by atoms with van der Waals surface area (Å²) >= 11 is 1.87. The zero-order chi connectivity index (χ0) is 13.4. The smallest absolute Gasteiger partial charge is 0.231 e. The third-order valence-electron chi connectivity index (χ3n) is 4.24. The summed E-state index contributed by atoms with van der Waals surface area (Å²) in [5.41, 5.74) is 1.16. The normalized spacial score (nSPS) is 29.3. The van der Waals surface area contributed by atoms with Crippen molar-refractivity contribution in [3.05, 3.63) is 23.8 Å². The lowest BCUT2D eigenvalue weighted by atomic mass is 10.1. The number of nitrogens with zero attached hydrogens (tertiary/aromatic N) is 1. The Balaban J connectivity index is 1.43. The molecule has 2 atom stereocenters. The van der Waals surface area contributed by atoms with Crippen molar-refractivity contribution in [1.82, 2.24) is 5.32 Å². The van der Waals surface area contributed by atoms with Crippen molar-refractivity contribution in [2.75, 3.05) is 12.5 Å². The first-order valence-electron chi connectivity index (χ1n) is 7.21. The summed E-state index contributed by atoms with van der Waals surface area (Å²) in [7, 11) is 0. The summed E-state index contributed by atoms with van der Waals surface area (Å²) in [5.74, 6) is 3.74.